The molecule has 0 aromatic carbocycles. The Morgan fingerprint density at radius 2 is 2.04 bits per heavy atom. The predicted octanol–water partition coefficient (Wildman–Crippen LogP) is 3.00. The molecule has 0 fully saturated rings. The average Bonchev–Trinajstić information content (AvgIpc) is 3.36. The summed E-state index contributed by atoms with van der Waals surface area (Å²) in [5.41, 5.74) is 0.912. The van der Waals surface area contributed by atoms with Crippen molar-refractivity contribution >= 4 is 11.3 Å². The first kappa shape index (κ1) is 16.3. The Labute approximate surface area is 147 Å². The molecule has 4 aromatic rings. The van der Waals surface area contributed by atoms with Gasteiger partial charge >= 0.3 is 12.2 Å². The summed E-state index contributed by atoms with van der Waals surface area (Å²) >= 11 is 1.41. The minimum atomic E-state index is -2.83. The standard InChI is InChI=1S/C15H9F2N5O3S/c16-11(17)14-20-19-12(24-14)8-3-4-9(18-6-8)7-22-15(23)25-13(21-22)10-2-1-5-26-10/h1-6,11H,7H2. The molecule has 0 atom stereocenters. The lowest BCUT2D eigenvalue weighted by atomic mass is 10.2. The fraction of sp³-hybridized carbons (Fsp3) is 0.133. The summed E-state index contributed by atoms with van der Waals surface area (Å²) in [7, 11) is 0. The van der Waals surface area contributed by atoms with Crippen LogP contribution in [-0.4, -0.2) is 25.0 Å². The van der Waals surface area contributed by atoms with Gasteiger partial charge in [0.05, 0.1) is 22.7 Å². The van der Waals surface area contributed by atoms with Crippen LogP contribution in [0.2, 0.25) is 0 Å². The molecule has 11 heteroatoms. The van der Waals surface area contributed by atoms with Crippen LogP contribution in [0.4, 0.5) is 8.78 Å². The molecule has 0 bridgehead atoms. The lowest BCUT2D eigenvalue weighted by Crippen LogP contribution is -2.17. The number of alkyl halides is 2. The van der Waals surface area contributed by atoms with E-state index >= 15 is 0 Å². The number of thiophene rings is 1. The summed E-state index contributed by atoms with van der Waals surface area (Å²) in [5.74, 6) is -1.16. The molecule has 0 amide bonds. The van der Waals surface area contributed by atoms with Crippen LogP contribution < -0.4 is 5.76 Å². The molecule has 26 heavy (non-hydrogen) atoms. The van der Waals surface area contributed by atoms with Gasteiger partial charge in [0, 0.05) is 6.20 Å². The fourth-order valence-electron chi connectivity index (χ4n) is 2.14. The third-order valence-corrected chi connectivity index (χ3v) is 4.21. The largest absolute Gasteiger partial charge is 0.437 e. The maximum atomic E-state index is 12.5. The van der Waals surface area contributed by atoms with E-state index in [-0.39, 0.29) is 18.3 Å². The molecule has 0 spiro atoms. The highest BCUT2D eigenvalue weighted by Crippen LogP contribution is 2.23. The number of halogens is 2. The molecular weight excluding hydrogens is 368 g/mol. The Morgan fingerprint density at radius 3 is 2.69 bits per heavy atom. The zero-order valence-corrected chi connectivity index (χ0v) is 13.7. The number of hydrogen-bond donors (Lipinski definition) is 0. The first-order valence-electron chi connectivity index (χ1n) is 7.29. The van der Waals surface area contributed by atoms with Crippen LogP contribution in [0.25, 0.3) is 22.2 Å². The maximum absolute atomic E-state index is 12.5. The maximum Gasteiger partial charge on any atom is 0.437 e. The van der Waals surface area contributed by atoms with Gasteiger partial charge in [-0.3, -0.25) is 4.98 Å². The van der Waals surface area contributed by atoms with Crippen molar-refractivity contribution in [3.63, 3.8) is 0 Å². The summed E-state index contributed by atoms with van der Waals surface area (Å²) in [6.07, 6.45) is -1.44. The van der Waals surface area contributed by atoms with Crippen molar-refractivity contribution in [3.05, 3.63) is 58.0 Å². The number of pyridine rings is 1. The van der Waals surface area contributed by atoms with Crippen LogP contribution in [0.3, 0.4) is 0 Å². The second kappa shape index (κ2) is 6.59. The van der Waals surface area contributed by atoms with E-state index in [0.717, 1.165) is 9.56 Å². The molecule has 8 nitrogen and oxygen atoms in total. The molecule has 0 N–H and O–H groups in total. The second-order valence-corrected chi connectivity index (χ2v) is 6.04. The zero-order valence-electron chi connectivity index (χ0n) is 12.9. The molecule has 0 radical (unpaired) electrons. The Morgan fingerprint density at radius 1 is 1.15 bits per heavy atom. The van der Waals surface area contributed by atoms with Crippen LogP contribution in [0.5, 0.6) is 0 Å². The van der Waals surface area contributed by atoms with Gasteiger partial charge in [0.2, 0.25) is 5.89 Å². The monoisotopic (exact) mass is 377 g/mol. The van der Waals surface area contributed by atoms with E-state index < -0.39 is 18.1 Å². The number of nitrogens with zero attached hydrogens (tertiary/aromatic N) is 5. The van der Waals surface area contributed by atoms with Crippen molar-refractivity contribution in [2.75, 3.05) is 0 Å². The minimum absolute atomic E-state index is 0.0575. The summed E-state index contributed by atoms with van der Waals surface area (Å²) in [6.45, 7) is 0.0973. The molecule has 0 saturated heterocycles. The van der Waals surface area contributed by atoms with Crippen molar-refractivity contribution in [1.29, 1.82) is 0 Å². The van der Waals surface area contributed by atoms with E-state index in [1.807, 2.05) is 11.4 Å². The highest BCUT2D eigenvalue weighted by atomic mass is 32.1. The molecule has 132 valence electrons. The van der Waals surface area contributed by atoms with E-state index in [0.29, 0.717) is 11.3 Å². The Balaban J connectivity index is 1.53. The van der Waals surface area contributed by atoms with Gasteiger partial charge in [-0.25, -0.2) is 4.79 Å². The molecular formula is C15H9F2N5O3S. The van der Waals surface area contributed by atoms with Crippen molar-refractivity contribution < 1.29 is 17.6 Å². The highest BCUT2D eigenvalue weighted by Gasteiger charge is 2.17. The smallest absolute Gasteiger partial charge is 0.415 e. The van der Waals surface area contributed by atoms with Crippen LogP contribution >= 0.6 is 11.3 Å². The van der Waals surface area contributed by atoms with Crippen molar-refractivity contribution in [3.8, 4) is 22.2 Å². The van der Waals surface area contributed by atoms with Gasteiger partial charge in [0.15, 0.2) is 0 Å². The van der Waals surface area contributed by atoms with E-state index in [2.05, 4.69) is 20.3 Å². The molecule has 4 aromatic heterocycles. The van der Waals surface area contributed by atoms with Crippen molar-refractivity contribution in [1.82, 2.24) is 25.0 Å². The summed E-state index contributed by atoms with van der Waals surface area (Å²) in [6, 6.07) is 6.81. The average molecular weight is 377 g/mol. The van der Waals surface area contributed by atoms with Gasteiger partial charge in [-0.05, 0) is 23.6 Å². The summed E-state index contributed by atoms with van der Waals surface area (Å²) in [4.78, 5) is 16.8. The van der Waals surface area contributed by atoms with E-state index in [1.54, 1.807) is 18.2 Å². The highest BCUT2D eigenvalue weighted by molar-refractivity contribution is 7.13. The lowest BCUT2D eigenvalue weighted by Gasteiger charge is -2.00. The van der Waals surface area contributed by atoms with Gasteiger partial charge in [0.25, 0.3) is 11.8 Å². The van der Waals surface area contributed by atoms with Gasteiger partial charge in [-0.1, -0.05) is 6.07 Å². The van der Waals surface area contributed by atoms with Crippen molar-refractivity contribution in [2.45, 2.75) is 13.0 Å². The van der Waals surface area contributed by atoms with E-state index in [1.165, 1.54) is 17.5 Å². The Hall–Kier alpha value is -3.21. The fourth-order valence-corrected chi connectivity index (χ4v) is 2.79. The number of aromatic nitrogens is 5. The Bertz CT molecular complexity index is 1070. The van der Waals surface area contributed by atoms with Crippen molar-refractivity contribution in [2.24, 2.45) is 0 Å². The van der Waals surface area contributed by atoms with Gasteiger partial charge in [-0.15, -0.1) is 26.6 Å². The molecule has 4 heterocycles. The van der Waals surface area contributed by atoms with Crippen LogP contribution in [-0.2, 0) is 6.54 Å². The summed E-state index contributed by atoms with van der Waals surface area (Å²) < 4.78 is 36.1. The third kappa shape index (κ3) is 3.16. The SMILES string of the molecule is O=c1oc(-c2cccs2)nn1Cc1ccc(-c2nnc(C(F)F)o2)cn1. The summed E-state index contributed by atoms with van der Waals surface area (Å²) in [5, 5.41) is 12.8. The first-order chi connectivity index (χ1) is 12.6. The molecule has 0 unspecified atom stereocenters. The number of hydrogen-bond acceptors (Lipinski definition) is 8. The quantitative estimate of drug-likeness (QED) is 0.527. The third-order valence-electron chi connectivity index (χ3n) is 3.35. The Kier molecular flexibility index (Phi) is 4.13. The first-order valence-corrected chi connectivity index (χ1v) is 8.17. The molecule has 0 aliphatic carbocycles. The van der Waals surface area contributed by atoms with Crippen LogP contribution in [0.15, 0.2) is 49.5 Å². The molecule has 0 aliphatic rings. The normalized spacial score (nSPS) is 11.3. The molecule has 0 saturated carbocycles. The van der Waals surface area contributed by atoms with Crippen LogP contribution in [0, 0.1) is 0 Å². The van der Waals surface area contributed by atoms with Gasteiger partial charge < -0.3 is 8.83 Å². The topological polar surface area (TPSA) is 99.8 Å². The molecule has 0 aliphatic heterocycles. The molecule has 4 rings (SSSR count). The predicted molar refractivity (Wildman–Crippen MR) is 85.7 cm³/mol. The van der Waals surface area contributed by atoms with E-state index in [9.17, 15) is 13.6 Å². The second-order valence-electron chi connectivity index (χ2n) is 5.09. The van der Waals surface area contributed by atoms with Gasteiger partial charge in [-0.2, -0.15) is 13.5 Å². The lowest BCUT2D eigenvalue weighted by molar-refractivity contribution is 0.116. The number of rotatable bonds is 5. The van der Waals surface area contributed by atoms with Gasteiger partial charge in [0.1, 0.15) is 0 Å². The van der Waals surface area contributed by atoms with Crippen LogP contribution in [0.1, 0.15) is 18.0 Å². The zero-order chi connectivity index (χ0) is 18.1. The van der Waals surface area contributed by atoms with E-state index in [4.69, 9.17) is 8.83 Å². The minimum Gasteiger partial charge on any atom is -0.415 e.